The lowest BCUT2D eigenvalue weighted by molar-refractivity contribution is -0.138. The monoisotopic (exact) mass is 558 g/mol. The van der Waals surface area contributed by atoms with Crippen LogP contribution in [0.1, 0.15) is 23.1 Å². The van der Waals surface area contributed by atoms with E-state index in [-0.39, 0.29) is 23.0 Å². The molecule has 4 aromatic rings. The van der Waals surface area contributed by atoms with Gasteiger partial charge in [0.15, 0.2) is 5.17 Å². The summed E-state index contributed by atoms with van der Waals surface area (Å²) in [7, 11) is 1.90. The summed E-state index contributed by atoms with van der Waals surface area (Å²) in [6.45, 7) is 1.43. The predicted octanol–water partition coefficient (Wildman–Crippen LogP) is 5.95. The van der Waals surface area contributed by atoms with Crippen LogP contribution in [0.25, 0.3) is 17.0 Å². The van der Waals surface area contributed by atoms with Crippen LogP contribution < -0.4 is 0 Å². The van der Waals surface area contributed by atoms with Gasteiger partial charge in [0.25, 0.3) is 5.91 Å². The first kappa shape index (κ1) is 26.1. The van der Waals surface area contributed by atoms with Crippen molar-refractivity contribution < 1.29 is 18.0 Å². The third-order valence-corrected chi connectivity index (χ3v) is 7.37. The summed E-state index contributed by atoms with van der Waals surface area (Å²) in [6.07, 6.45) is 3.33. The molecule has 2 aromatic carbocycles. The van der Waals surface area contributed by atoms with Gasteiger partial charge in [-0.1, -0.05) is 23.7 Å². The van der Waals surface area contributed by atoms with Crippen molar-refractivity contribution in [1.82, 2.24) is 24.5 Å². The van der Waals surface area contributed by atoms with E-state index >= 15 is 0 Å². The van der Waals surface area contributed by atoms with Crippen molar-refractivity contribution in [1.29, 1.82) is 0 Å². The van der Waals surface area contributed by atoms with E-state index in [9.17, 15) is 18.0 Å². The fraction of sp³-hybridized carbons (Fsp3) is 0.231. The average Bonchev–Trinajstić information content (AvgIpc) is 3.61. The van der Waals surface area contributed by atoms with Gasteiger partial charge in [-0.15, -0.1) is 0 Å². The van der Waals surface area contributed by atoms with E-state index in [0.717, 1.165) is 36.5 Å². The number of amides is 1. The van der Waals surface area contributed by atoms with Crippen LogP contribution in [0.2, 0.25) is 5.02 Å². The Kier molecular flexibility index (Phi) is 7.31. The Morgan fingerprint density at radius 3 is 2.76 bits per heavy atom. The average molecular weight is 559 g/mol. The fourth-order valence-electron chi connectivity index (χ4n) is 4.14. The molecule has 0 N–H and O–H groups in total. The SMILES string of the molecule is CN(CCCn1cccn1)C1=NC(=O)C(=Cc2ccc3c(cnn3Cc3ccc(Cl)cc3C(F)(F)F)c2)S1. The van der Waals surface area contributed by atoms with Gasteiger partial charge in [0, 0.05) is 42.9 Å². The summed E-state index contributed by atoms with van der Waals surface area (Å²) in [5.74, 6) is -0.304. The molecule has 1 aliphatic rings. The van der Waals surface area contributed by atoms with Crippen LogP contribution in [0.4, 0.5) is 13.2 Å². The van der Waals surface area contributed by atoms with Gasteiger partial charge in [-0.05, 0) is 65.7 Å². The standard InChI is InChI=1S/C26H22ClF3N6OS/c1-34(9-3-11-35-10-2-8-31-35)25-33-24(37)23(38-25)13-17-4-7-22-19(12-17)15-32-36(22)16-18-5-6-20(27)14-21(18)26(28,29)30/h2,4-8,10,12-15H,3,9,11,16H2,1H3. The minimum atomic E-state index is -4.52. The largest absolute Gasteiger partial charge is 0.416 e. The molecular formula is C26H22ClF3N6OS. The minimum Gasteiger partial charge on any atom is -0.354 e. The Balaban J connectivity index is 1.28. The lowest BCUT2D eigenvalue weighted by Gasteiger charge is -2.17. The number of amidine groups is 1. The van der Waals surface area contributed by atoms with E-state index in [1.54, 1.807) is 30.6 Å². The Hall–Kier alpha value is -3.57. The number of aliphatic imine (C=N–C) groups is 1. The number of hydrogen-bond acceptors (Lipinski definition) is 5. The third-order valence-electron chi connectivity index (χ3n) is 6.04. The highest BCUT2D eigenvalue weighted by Crippen LogP contribution is 2.35. The Morgan fingerprint density at radius 1 is 1.16 bits per heavy atom. The molecule has 1 amide bonds. The van der Waals surface area contributed by atoms with Gasteiger partial charge in [-0.3, -0.25) is 14.2 Å². The predicted molar refractivity (Wildman–Crippen MR) is 143 cm³/mol. The van der Waals surface area contributed by atoms with Crippen LogP contribution >= 0.6 is 23.4 Å². The molecule has 0 fully saturated rings. The topological polar surface area (TPSA) is 68.3 Å². The molecule has 0 atom stereocenters. The van der Waals surface area contributed by atoms with Crippen molar-refractivity contribution in [2.45, 2.75) is 25.7 Å². The highest BCUT2D eigenvalue weighted by atomic mass is 35.5. The van der Waals surface area contributed by atoms with Gasteiger partial charge in [-0.2, -0.15) is 28.4 Å². The number of hydrogen-bond donors (Lipinski definition) is 0. The lowest BCUT2D eigenvalue weighted by Crippen LogP contribution is -2.25. The molecular weight excluding hydrogens is 537 g/mol. The maximum atomic E-state index is 13.5. The molecule has 196 valence electrons. The summed E-state index contributed by atoms with van der Waals surface area (Å²) < 4.78 is 43.9. The van der Waals surface area contributed by atoms with E-state index in [2.05, 4.69) is 15.2 Å². The van der Waals surface area contributed by atoms with Crippen LogP contribution in [0.5, 0.6) is 0 Å². The van der Waals surface area contributed by atoms with E-state index in [1.807, 2.05) is 35.0 Å². The van der Waals surface area contributed by atoms with Crippen molar-refractivity contribution in [3.05, 3.63) is 87.7 Å². The van der Waals surface area contributed by atoms with Crippen LogP contribution in [-0.4, -0.2) is 49.1 Å². The van der Waals surface area contributed by atoms with Gasteiger partial charge in [-0.25, -0.2) is 0 Å². The highest BCUT2D eigenvalue weighted by Gasteiger charge is 2.33. The van der Waals surface area contributed by atoms with Crippen molar-refractivity contribution >= 4 is 51.4 Å². The first-order valence-corrected chi connectivity index (χ1v) is 12.9. The number of alkyl halides is 3. The molecule has 0 radical (unpaired) electrons. The van der Waals surface area contributed by atoms with E-state index in [4.69, 9.17) is 11.6 Å². The number of benzene rings is 2. The summed E-state index contributed by atoms with van der Waals surface area (Å²) in [5.41, 5.74) is 0.737. The first-order valence-electron chi connectivity index (χ1n) is 11.7. The molecule has 3 heterocycles. The number of rotatable bonds is 7. The number of halogens is 4. The second kappa shape index (κ2) is 10.7. The molecule has 2 aromatic heterocycles. The number of fused-ring (bicyclic) bond motifs is 1. The number of aryl methyl sites for hydroxylation is 1. The van der Waals surface area contributed by atoms with Crippen molar-refractivity contribution in [3.8, 4) is 0 Å². The molecule has 0 aliphatic carbocycles. The third kappa shape index (κ3) is 5.78. The van der Waals surface area contributed by atoms with Gasteiger partial charge in [0.05, 0.1) is 28.7 Å². The smallest absolute Gasteiger partial charge is 0.354 e. The fourth-order valence-corrected chi connectivity index (χ4v) is 5.22. The molecule has 5 rings (SSSR count). The molecule has 1 aliphatic heterocycles. The molecule has 0 saturated heterocycles. The quantitative estimate of drug-likeness (QED) is 0.262. The molecule has 0 saturated carbocycles. The molecule has 7 nitrogen and oxygen atoms in total. The molecule has 38 heavy (non-hydrogen) atoms. The van der Waals surface area contributed by atoms with Gasteiger partial charge < -0.3 is 4.90 Å². The van der Waals surface area contributed by atoms with E-state index in [1.165, 1.54) is 28.6 Å². The van der Waals surface area contributed by atoms with E-state index in [0.29, 0.717) is 15.6 Å². The van der Waals surface area contributed by atoms with Crippen molar-refractivity contribution in [2.24, 2.45) is 4.99 Å². The number of aromatic nitrogens is 4. The molecule has 0 bridgehead atoms. The summed E-state index contributed by atoms with van der Waals surface area (Å²) in [5, 5.41) is 9.89. The number of thioether (sulfide) groups is 1. The van der Waals surface area contributed by atoms with E-state index < -0.39 is 11.7 Å². The number of carbonyl (C=O) groups is 1. The maximum Gasteiger partial charge on any atom is 0.416 e. The van der Waals surface area contributed by atoms with Crippen LogP contribution in [-0.2, 0) is 24.1 Å². The second-order valence-corrected chi connectivity index (χ2v) is 10.2. The highest BCUT2D eigenvalue weighted by molar-refractivity contribution is 8.18. The molecule has 0 spiro atoms. The van der Waals surface area contributed by atoms with Gasteiger partial charge in [0.2, 0.25) is 0 Å². The Labute approximate surface area is 225 Å². The van der Waals surface area contributed by atoms with Crippen molar-refractivity contribution in [3.63, 3.8) is 0 Å². The maximum absolute atomic E-state index is 13.5. The van der Waals surface area contributed by atoms with Gasteiger partial charge in [0.1, 0.15) is 0 Å². The zero-order valence-electron chi connectivity index (χ0n) is 20.2. The lowest BCUT2D eigenvalue weighted by atomic mass is 10.1. The minimum absolute atomic E-state index is 0.0240. The summed E-state index contributed by atoms with van der Waals surface area (Å²) in [6, 6.07) is 11.0. The zero-order chi connectivity index (χ0) is 26.9. The molecule has 12 heteroatoms. The van der Waals surface area contributed by atoms with Crippen LogP contribution in [0.15, 0.2) is 71.0 Å². The van der Waals surface area contributed by atoms with Crippen LogP contribution in [0.3, 0.4) is 0 Å². The Bertz CT molecular complexity index is 1540. The summed E-state index contributed by atoms with van der Waals surface area (Å²) >= 11 is 7.11. The van der Waals surface area contributed by atoms with Crippen molar-refractivity contribution in [2.75, 3.05) is 13.6 Å². The molecule has 0 unspecified atom stereocenters. The van der Waals surface area contributed by atoms with Gasteiger partial charge >= 0.3 is 6.18 Å². The number of carbonyl (C=O) groups excluding carboxylic acids is 1. The van der Waals surface area contributed by atoms with Crippen LogP contribution in [0, 0.1) is 0 Å². The zero-order valence-corrected chi connectivity index (χ0v) is 21.8. The Morgan fingerprint density at radius 2 is 2.00 bits per heavy atom. The normalized spacial score (nSPS) is 15.0. The first-order chi connectivity index (χ1) is 18.2. The number of nitrogens with zero attached hydrogens (tertiary/aromatic N) is 6. The summed E-state index contributed by atoms with van der Waals surface area (Å²) in [4.78, 5) is 19.2. The second-order valence-electron chi connectivity index (χ2n) is 8.77.